The molecule has 1 N–H and O–H groups in total. The Balaban J connectivity index is 1.76. The number of aromatic nitrogens is 1. The lowest BCUT2D eigenvalue weighted by molar-refractivity contribution is -0.137. The molecular formula is C32H24F3NO4. The molecule has 5 nitrogen and oxygen atoms in total. The standard InChI is InChI=1S/C32H24F3NO4/c1-19(37)22-6-4-7-23(16-22)24-11-14-28-27(17-24)29(21-9-12-26(40-2)13-10-21)30(31(38)39)36(28)18-20-5-3-8-25(15-20)32(33,34)35/h3-17H,18H2,1-2H3,(H,38,39). The number of benzene rings is 4. The Morgan fingerprint density at radius 2 is 1.52 bits per heavy atom. The van der Waals surface area contributed by atoms with Crippen LogP contribution in [0.4, 0.5) is 13.2 Å². The Kier molecular flexibility index (Phi) is 6.94. The third-order valence-electron chi connectivity index (χ3n) is 6.84. The molecular weight excluding hydrogens is 519 g/mol. The van der Waals surface area contributed by atoms with E-state index in [2.05, 4.69) is 0 Å². The minimum absolute atomic E-state index is 0.0489. The molecule has 0 spiro atoms. The number of carboxylic acid groups (broad SMARTS) is 1. The number of carbonyl (C=O) groups excluding carboxylic acids is 1. The molecule has 0 bridgehead atoms. The Bertz CT molecular complexity index is 1750. The number of hydrogen-bond acceptors (Lipinski definition) is 3. The maximum atomic E-state index is 13.4. The number of halogens is 3. The molecule has 8 heteroatoms. The molecule has 0 aliphatic heterocycles. The number of aromatic carboxylic acids is 1. The molecule has 0 fully saturated rings. The highest BCUT2D eigenvalue weighted by atomic mass is 19.4. The van der Waals surface area contributed by atoms with E-state index in [4.69, 9.17) is 4.74 Å². The van der Waals surface area contributed by atoms with Gasteiger partial charge in [0.1, 0.15) is 11.4 Å². The highest BCUT2D eigenvalue weighted by molar-refractivity contribution is 6.09. The number of ketones is 1. The minimum atomic E-state index is -4.53. The van der Waals surface area contributed by atoms with Gasteiger partial charge >= 0.3 is 12.1 Å². The van der Waals surface area contributed by atoms with Gasteiger partial charge in [-0.1, -0.05) is 48.5 Å². The molecule has 0 saturated heterocycles. The molecule has 5 rings (SSSR count). The largest absolute Gasteiger partial charge is 0.497 e. The molecule has 1 heterocycles. The lowest BCUT2D eigenvalue weighted by Crippen LogP contribution is -2.11. The van der Waals surface area contributed by atoms with Gasteiger partial charge in [0.25, 0.3) is 0 Å². The zero-order valence-electron chi connectivity index (χ0n) is 21.6. The first kappa shape index (κ1) is 26.7. The van der Waals surface area contributed by atoms with Crippen molar-refractivity contribution in [2.24, 2.45) is 0 Å². The first-order chi connectivity index (χ1) is 19.1. The molecule has 202 valence electrons. The number of rotatable bonds is 7. The van der Waals surface area contributed by atoms with E-state index in [-0.39, 0.29) is 18.0 Å². The number of methoxy groups -OCH3 is 1. The molecule has 0 aliphatic carbocycles. The average Bonchev–Trinajstić information content (AvgIpc) is 3.26. The molecule has 0 saturated carbocycles. The first-order valence-corrected chi connectivity index (χ1v) is 12.4. The van der Waals surface area contributed by atoms with Crippen LogP contribution in [0.1, 0.15) is 38.9 Å². The van der Waals surface area contributed by atoms with Crippen LogP contribution in [-0.2, 0) is 12.7 Å². The van der Waals surface area contributed by atoms with Crippen LogP contribution >= 0.6 is 0 Å². The van der Waals surface area contributed by atoms with Gasteiger partial charge in [-0.3, -0.25) is 4.79 Å². The van der Waals surface area contributed by atoms with Crippen molar-refractivity contribution in [3.05, 3.63) is 113 Å². The van der Waals surface area contributed by atoms with Gasteiger partial charge in [0.2, 0.25) is 0 Å². The summed E-state index contributed by atoms with van der Waals surface area (Å²) >= 11 is 0. The Labute approximate surface area is 228 Å². The van der Waals surface area contributed by atoms with Crippen molar-refractivity contribution < 1.29 is 32.6 Å². The van der Waals surface area contributed by atoms with Crippen LogP contribution < -0.4 is 4.74 Å². The van der Waals surface area contributed by atoms with Crippen molar-refractivity contribution in [2.75, 3.05) is 7.11 Å². The summed E-state index contributed by atoms with van der Waals surface area (Å²) < 4.78 is 47.0. The summed E-state index contributed by atoms with van der Waals surface area (Å²) in [6.07, 6.45) is -4.53. The summed E-state index contributed by atoms with van der Waals surface area (Å²) in [4.78, 5) is 24.7. The number of ether oxygens (including phenoxy) is 1. The quantitative estimate of drug-likeness (QED) is 0.212. The third-order valence-corrected chi connectivity index (χ3v) is 6.84. The van der Waals surface area contributed by atoms with Crippen molar-refractivity contribution in [3.8, 4) is 28.0 Å². The summed E-state index contributed by atoms with van der Waals surface area (Å²) in [7, 11) is 1.53. The SMILES string of the molecule is COc1ccc(-c2c(C(=O)O)n(Cc3cccc(C(F)(F)F)c3)c3ccc(-c4cccc(C(C)=O)c4)cc23)cc1. The van der Waals surface area contributed by atoms with Crippen molar-refractivity contribution in [2.45, 2.75) is 19.6 Å². The van der Waals surface area contributed by atoms with E-state index in [1.165, 1.54) is 24.7 Å². The molecule has 40 heavy (non-hydrogen) atoms. The van der Waals surface area contributed by atoms with E-state index >= 15 is 0 Å². The Hall–Kier alpha value is -4.85. The number of fused-ring (bicyclic) bond motifs is 1. The zero-order chi connectivity index (χ0) is 28.6. The van der Waals surface area contributed by atoms with Crippen molar-refractivity contribution in [1.82, 2.24) is 4.57 Å². The minimum Gasteiger partial charge on any atom is -0.497 e. The molecule has 0 amide bonds. The van der Waals surface area contributed by atoms with Crippen molar-refractivity contribution >= 4 is 22.7 Å². The van der Waals surface area contributed by atoms with E-state index in [1.807, 2.05) is 18.2 Å². The second-order valence-corrected chi connectivity index (χ2v) is 9.41. The molecule has 4 aromatic carbocycles. The van der Waals surface area contributed by atoms with Gasteiger partial charge in [0, 0.05) is 28.6 Å². The number of nitrogens with zero attached hydrogens (tertiary/aromatic N) is 1. The van der Waals surface area contributed by atoms with E-state index < -0.39 is 17.7 Å². The predicted molar refractivity (Wildman–Crippen MR) is 147 cm³/mol. The monoisotopic (exact) mass is 543 g/mol. The van der Waals surface area contributed by atoms with Gasteiger partial charge in [0.05, 0.1) is 12.7 Å². The van der Waals surface area contributed by atoms with Crippen LogP contribution in [-0.4, -0.2) is 28.5 Å². The van der Waals surface area contributed by atoms with E-state index in [0.29, 0.717) is 38.9 Å². The third kappa shape index (κ3) is 5.08. The number of Topliss-reactive ketones (excluding diaryl/α,β-unsaturated/α-hetero) is 1. The van der Waals surface area contributed by atoms with E-state index in [1.54, 1.807) is 54.6 Å². The van der Waals surface area contributed by atoms with Crippen LogP contribution in [0.3, 0.4) is 0 Å². The summed E-state index contributed by atoms with van der Waals surface area (Å²) in [5, 5.41) is 11.0. The van der Waals surface area contributed by atoms with Crippen molar-refractivity contribution in [1.29, 1.82) is 0 Å². The number of hydrogen-bond donors (Lipinski definition) is 1. The fourth-order valence-electron chi connectivity index (χ4n) is 4.92. The summed E-state index contributed by atoms with van der Waals surface area (Å²) in [6.45, 7) is 1.40. The Morgan fingerprint density at radius 1 is 0.850 bits per heavy atom. The molecule has 0 radical (unpaired) electrons. The number of carboxylic acids is 1. The van der Waals surface area contributed by atoms with Gasteiger partial charge in [-0.2, -0.15) is 13.2 Å². The average molecular weight is 544 g/mol. The maximum Gasteiger partial charge on any atom is 0.416 e. The lowest BCUT2D eigenvalue weighted by Gasteiger charge is -2.12. The highest BCUT2D eigenvalue weighted by Gasteiger charge is 2.31. The van der Waals surface area contributed by atoms with E-state index in [9.17, 15) is 27.9 Å². The van der Waals surface area contributed by atoms with Crippen LogP contribution in [0.15, 0.2) is 91.0 Å². The molecule has 1 aromatic heterocycles. The zero-order valence-corrected chi connectivity index (χ0v) is 21.6. The van der Waals surface area contributed by atoms with E-state index in [0.717, 1.165) is 23.3 Å². The summed E-state index contributed by atoms with van der Waals surface area (Å²) in [5.41, 5.74) is 3.13. The van der Waals surface area contributed by atoms with Gasteiger partial charge in [0.15, 0.2) is 5.78 Å². The maximum absolute atomic E-state index is 13.4. The number of carbonyl (C=O) groups is 2. The Morgan fingerprint density at radius 3 is 2.17 bits per heavy atom. The topological polar surface area (TPSA) is 68.5 Å². The van der Waals surface area contributed by atoms with Gasteiger partial charge in [-0.15, -0.1) is 0 Å². The lowest BCUT2D eigenvalue weighted by atomic mass is 9.97. The second-order valence-electron chi connectivity index (χ2n) is 9.41. The molecule has 0 atom stereocenters. The van der Waals surface area contributed by atoms with Crippen LogP contribution in [0.25, 0.3) is 33.2 Å². The second kappa shape index (κ2) is 10.4. The molecule has 0 aliphatic rings. The highest BCUT2D eigenvalue weighted by Crippen LogP contribution is 2.39. The van der Waals surface area contributed by atoms with Gasteiger partial charge in [-0.25, -0.2) is 4.79 Å². The fourth-order valence-corrected chi connectivity index (χ4v) is 4.92. The molecule has 5 aromatic rings. The number of alkyl halides is 3. The van der Waals surface area contributed by atoms with Gasteiger partial charge < -0.3 is 14.4 Å². The summed E-state index contributed by atoms with van der Waals surface area (Å²) in [6, 6.07) is 24.4. The molecule has 0 unspecified atom stereocenters. The van der Waals surface area contributed by atoms with Crippen molar-refractivity contribution in [3.63, 3.8) is 0 Å². The first-order valence-electron chi connectivity index (χ1n) is 12.4. The predicted octanol–water partition coefficient (Wildman–Crippen LogP) is 7.95. The van der Waals surface area contributed by atoms with Crippen LogP contribution in [0.2, 0.25) is 0 Å². The summed E-state index contributed by atoms with van der Waals surface area (Å²) in [5.74, 6) is -0.702. The fraction of sp³-hybridized carbons (Fsp3) is 0.125. The normalized spacial score (nSPS) is 11.5. The van der Waals surface area contributed by atoms with Crippen LogP contribution in [0.5, 0.6) is 5.75 Å². The van der Waals surface area contributed by atoms with Gasteiger partial charge in [-0.05, 0) is 71.6 Å². The van der Waals surface area contributed by atoms with Crippen LogP contribution in [0, 0.1) is 0 Å². The smallest absolute Gasteiger partial charge is 0.416 e.